The molecule has 0 saturated carbocycles. The van der Waals surface area contributed by atoms with Crippen LogP contribution in [0.5, 0.6) is 0 Å². The Morgan fingerprint density at radius 2 is 2.14 bits per heavy atom. The van der Waals surface area contributed by atoms with E-state index in [0.717, 1.165) is 0 Å². The quantitative estimate of drug-likeness (QED) is 0.441. The van der Waals surface area contributed by atoms with Crippen molar-refractivity contribution in [2.45, 2.75) is 0 Å². The van der Waals surface area contributed by atoms with E-state index >= 15 is 0 Å². The molecule has 1 rings (SSSR count). The minimum atomic E-state index is -0.486. The van der Waals surface area contributed by atoms with Crippen molar-refractivity contribution >= 4 is 23.2 Å². The maximum absolute atomic E-state index is 11.2. The van der Waals surface area contributed by atoms with Crippen LogP contribution in [0.2, 0.25) is 5.02 Å². The Labute approximate surface area is 86.2 Å². The molecule has 0 fully saturated rings. The monoisotopic (exact) mass is 212 g/mol. The minimum absolute atomic E-state index is 0.0990. The SMILES string of the molecule is CNC(=O)/C(=N/O)c1ccccc1Cl. The standard InChI is InChI=1S/C9H9ClN2O2/c1-11-9(13)8(12-14)6-4-2-3-5-7(6)10/h2-5,14H,1H3,(H,11,13)/b12-8+. The van der Waals surface area contributed by atoms with Gasteiger partial charge >= 0.3 is 0 Å². The predicted octanol–water partition coefficient (Wildman–Crippen LogP) is 1.26. The molecule has 0 aliphatic rings. The number of halogens is 1. The molecule has 0 aliphatic heterocycles. The largest absolute Gasteiger partial charge is 0.410 e. The highest BCUT2D eigenvalue weighted by Gasteiger charge is 2.15. The van der Waals surface area contributed by atoms with Gasteiger partial charge in [-0.1, -0.05) is 35.0 Å². The molecular weight excluding hydrogens is 204 g/mol. The zero-order chi connectivity index (χ0) is 10.6. The molecule has 0 heterocycles. The first kappa shape index (κ1) is 10.5. The second kappa shape index (κ2) is 4.62. The number of hydrogen-bond donors (Lipinski definition) is 2. The Hall–Kier alpha value is -1.55. The van der Waals surface area contributed by atoms with Gasteiger partial charge in [-0.15, -0.1) is 0 Å². The topological polar surface area (TPSA) is 61.7 Å². The third-order valence-corrected chi connectivity index (χ3v) is 2.00. The van der Waals surface area contributed by atoms with Crippen molar-refractivity contribution in [2.24, 2.45) is 5.16 Å². The lowest BCUT2D eigenvalue weighted by Crippen LogP contribution is -2.28. The summed E-state index contributed by atoms with van der Waals surface area (Å²) in [5.41, 5.74) is 0.300. The molecule has 5 heteroatoms. The fourth-order valence-corrected chi connectivity index (χ4v) is 1.22. The van der Waals surface area contributed by atoms with Gasteiger partial charge in [-0.25, -0.2) is 0 Å². The predicted molar refractivity (Wildman–Crippen MR) is 53.8 cm³/mol. The average molecular weight is 213 g/mol. The first-order chi connectivity index (χ1) is 6.70. The van der Waals surface area contributed by atoms with Gasteiger partial charge < -0.3 is 10.5 Å². The summed E-state index contributed by atoms with van der Waals surface area (Å²) in [6.07, 6.45) is 0. The fourth-order valence-electron chi connectivity index (χ4n) is 0.993. The fraction of sp³-hybridized carbons (Fsp3) is 0.111. The van der Waals surface area contributed by atoms with Crippen LogP contribution in [0.3, 0.4) is 0 Å². The van der Waals surface area contributed by atoms with Gasteiger partial charge in [-0.05, 0) is 6.07 Å². The Balaban J connectivity index is 3.15. The number of carbonyl (C=O) groups excluding carboxylic acids is 1. The number of oxime groups is 1. The molecule has 14 heavy (non-hydrogen) atoms. The summed E-state index contributed by atoms with van der Waals surface area (Å²) in [5.74, 6) is -0.486. The molecule has 0 radical (unpaired) electrons. The summed E-state index contributed by atoms with van der Waals surface area (Å²) in [6.45, 7) is 0. The molecule has 0 bridgehead atoms. The zero-order valence-electron chi connectivity index (χ0n) is 7.49. The molecule has 0 unspecified atom stereocenters. The van der Waals surface area contributed by atoms with Gasteiger partial charge in [-0.2, -0.15) is 0 Å². The summed E-state index contributed by atoms with van der Waals surface area (Å²) in [4.78, 5) is 11.2. The lowest BCUT2D eigenvalue weighted by atomic mass is 10.1. The van der Waals surface area contributed by atoms with Gasteiger partial charge in [0.2, 0.25) is 0 Å². The second-order valence-electron chi connectivity index (χ2n) is 2.51. The third kappa shape index (κ3) is 2.03. The van der Waals surface area contributed by atoms with Crippen molar-refractivity contribution in [3.05, 3.63) is 34.9 Å². The third-order valence-electron chi connectivity index (χ3n) is 1.67. The zero-order valence-corrected chi connectivity index (χ0v) is 8.25. The molecule has 0 spiro atoms. The molecule has 74 valence electrons. The lowest BCUT2D eigenvalue weighted by Gasteiger charge is -2.04. The summed E-state index contributed by atoms with van der Waals surface area (Å²) in [7, 11) is 1.45. The number of rotatable bonds is 2. The highest BCUT2D eigenvalue weighted by atomic mass is 35.5. The van der Waals surface area contributed by atoms with Crippen molar-refractivity contribution in [1.82, 2.24) is 5.32 Å². The lowest BCUT2D eigenvalue weighted by molar-refractivity contribution is -0.114. The van der Waals surface area contributed by atoms with E-state index in [1.807, 2.05) is 0 Å². The van der Waals surface area contributed by atoms with E-state index in [-0.39, 0.29) is 5.71 Å². The van der Waals surface area contributed by atoms with Crippen LogP contribution in [0.1, 0.15) is 5.56 Å². The van der Waals surface area contributed by atoms with E-state index in [4.69, 9.17) is 16.8 Å². The molecule has 0 aliphatic carbocycles. The number of hydrogen-bond acceptors (Lipinski definition) is 3. The van der Waals surface area contributed by atoms with E-state index in [1.165, 1.54) is 7.05 Å². The molecule has 2 N–H and O–H groups in total. The molecule has 0 atom stereocenters. The van der Waals surface area contributed by atoms with Crippen molar-refractivity contribution in [2.75, 3.05) is 7.05 Å². The van der Waals surface area contributed by atoms with Gasteiger partial charge in [0.1, 0.15) is 0 Å². The van der Waals surface area contributed by atoms with Crippen LogP contribution < -0.4 is 5.32 Å². The van der Waals surface area contributed by atoms with E-state index in [1.54, 1.807) is 24.3 Å². The van der Waals surface area contributed by atoms with Gasteiger partial charge in [0, 0.05) is 12.6 Å². The highest BCUT2D eigenvalue weighted by molar-refractivity contribution is 6.48. The van der Waals surface area contributed by atoms with Crippen LogP contribution in [0.4, 0.5) is 0 Å². The Morgan fingerprint density at radius 3 is 2.64 bits per heavy atom. The van der Waals surface area contributed by atoms with Crippen LogP contribution >= 0.6 is 11.6 Å². The molecule has 0 saturated heterocycles. The first-order valence-electron chi connectivity index (χ1n) is 3.89. The molecule has 1 aromatic carbocycles. The molecule has 0 aromatic heterocycles. The van der Waals surface area contributed by atoms with Gasteiger partial charge in [0.05, 0.1) is 5.02 Å². The number of carbonyl (C=O) groups is 1. The van der Waals surface area contributed by atoms with E-state index < -0.39 is 5.91 Å². The van der Waals surface area contributed by atoms with Crippen molar-refractivity contribution < 1.29 is 10.0 Å². The average Bonchev–Trinajstić information content (AvgIpc) is 2.21. The second-order valence-corrected chi connectivity index (χ2v) is 2.91. The van der Waals surface area contributed by atoms with E-state index in [2.05, 4.69) is 10.5 Å². The normalized spacial score (nSPS) is 11.1. The smallest absolute Gasteiger partial charge is 0.273 e. The van der Waals surface area contributed by atoms with Crippen LogP contribution in [-0.2, 0) is 4.79 Å². The number of nitrogens with one attached hydrogen (secondary N) is 1. The molecule has 1 aromatic rings. The Kier molecular flexibility index (Phi) is 3.48. The highest BCUT2D eigenvalue weighted by Crippen LogP contribution is 2.15. The van der Waals surface area contributed by atoms with Crippen molar-refractivity contribution in [3.63, 3.8) is 0 Å². The maximum atomic E-state index is 11.2. The maximum Gasteiger partial charge on any atom is 0.273 e. The Morgan fingerprint density at radius 1 is 1.50 bits per heavy atom. The molecule has 1 amide bonds. The van der Waals surface area contributed by atoms with Crippen LogP contribution in [-0.4, -0.2) is 23.9 Å². The van der Waals surface area contributed by atoms with Crippen LogP contribution in [0.15, 0.2) is 29.4 Å². The van der Waals surface area contributed by atoms with E-state index in [9.17, 15) is 4.79 Å². The molecule has 4 nitrogen and oxygen atoms in total. The number of benzene rings is 1. The summed E-state index contributed by atoms with van der Waals surface area (Å²) >= 11 is 5.83. The van der Waals surface area contributed by atoms with Gasteiger partial charge in [0.15, 0.2) is 5.71 Å². The summed E-state index contributed by atoms with van der Waals surface area (Å²) in [6, 6.07) is 6.65. The number of likely N-dealkylation sites (N-methyl/N-ethyl adjacent to an activating group) is 1. The van der Waals surface area contributed by atoms with E-state index in [0.29, 0.717) is 10.6 Å². The number of amides is 1. The Bertz CT molecular complexity index is 377. The van der Waals surface area contributed by atoms with Gasteiger partial charge in [0.25, 0.3) is 5.91 Å². The van der Waals surface area contributed by atoms with Crippen molar-refractivity contribution in [1.29, 1.82) is 0 Å². The first-order valence-corrected chi connectivity index (χ1v) is 4.27. The summed E-state index contributed by atoms with van der Waals surface area (Å²) < 4.78 is 0. The summed E-state index contributed by atoms with van der Waals surface area (Å²) in [5, 5.41) is 14.3. The van der Waals surface area contributed by atoms with Gasteiger partial charge in [-0.3, -0.25) is 4.79 Å². The van der Waals surface area contributed by atoms with Crippen LogP contribution in [0.25, 0.3) is 0 Å². The van der Waals surface area contributed by atoms with Crippen molar-refractivity contribution in [3.8, 4) is 0 Å². The van der Waals surface area contributed by atoms with Crippen LogP contribution in [0, 0.1) is 0 Å². The minimum Gasteiger partial charge on any atom is -0.410 e. The molecular formula is C9H9ClN2O2. The number of nitrogens with zero attached hydrogens (tertiary/aromatic N) is 1.